The summed E-state index contributed by atoms with van der Waals surface area (Å²) in [6.45, 7) is 5.59. The van der Waals surface area contributed by atoms with Crippen molar-refractivity contribution >= 4 is 30.7 Å². The van der Waals surface area contributed by atoms with Gasteiger partial charge in [0.15, 0.2) is 0 Å². The Kier molecular flexibility index (Phi) is 10.7. The number of nitrogens with one attached hydrogen (secondary N) is 1. The van der Waals surface area contributed by atoms with Gasteiger partial charge in [-0.15, -0.1) is 24.8 Å². The molecule has 2 rings (SSSR count). The van der Waals surface area contributed by atoms with E-state index >= 15 is 0 Å². The van der Waals surface area contributed by atoms with E-state index in [2.05, 4.69) is 10.2 Å². The largest absolute Gasteiger partial charge is 0.383 e. The minimum atomic E-state index is -0.340. The molecule has 1 heterocycles. The zero-order valence-electron chi connectivity index (χ0n) is 14.4. The highest BCUT2D eigenvalue weighted by Gasteiger charge is 2.38. The Hall–Kier alpha value is -0.0700. The van der Waals surface area contributed by atoms with Crippen LogP contribution in [0, 0.1) is 5.92 Å². The molecule has 2 aliphatic rings. The summed E-state index contributed by atoms with van der Waals surface area (Å²) in [5.74, 6) is 0.123. The summed E-state index contributed by atoms with van der Waals surface area (Å²) in [6, 6.07) is 0.455. The molecule has 0 aromatic heterocycles. The number of carbonyl (C=O) groups is 1. The van der Waals surface area contributed by atoms with Crippen LogP contribution in [0.15, 0.2) is 0 Å². The van der Waals surface area contributed by atoms with Gasteiger partial charge in [-0.2, -0.15) is 0 Å². The van der Waals surface area contributed by atoms with Gasteiger partial charge in [0, 0.05) is 31.8 Å². The summed E-state index contributed by atoms with van der Waals surface area (Å²) in [5.41, 5.74) is 5.97. The van der Waals surface area contributed by atoms with E-state index in [0.717, 1.165) is 58.3 Å². The summed E-state index contributed by atoms with van der Waals surface area (Å²) in [5, 5.41) is 3.15. The Morgan fingerprint density at radius 1 is 1.30 bits per heavy atom. The van der Waals surface area contributed by atoms with Gasteiger partial charge in [-0.05, 0) is 39.2 Å². The topological polar surface area (TPSA) is 67.6 Å². The van der Waals surface area contributed by atoms with Crippen LogP contribution in [0.5, 0.6) is 0 Å². The lowest BCUT2D eigenvalue weighted by Crippen LogP contribution is -2.54. The van der Waals surface area contributed by atoms with Crippen molar-refractivity contribution < 1.29 is 9.53 Å². The second-order valence-electron chi connectivity index (χ2n) is 6.87. The van der Waals surface area contributed by atoms with Crippen LogP contribution in [0.3, 0.4) is 0 Å². The highest BCUT2D eigenvalue weighted by atomic mass is 35.5. The maximum atomic E-state index is 12.5. The molecular weight excluding hydrogens is 337 g/mol. The van der Waals surface area contributed by atoms with Gasteiger partial charge >= 0.3 is 0 Å². The first-order valence-electron chi connectivity index (χ1n) is 8.34. The van der Waals surface area contributed by atoms with E-state index < -0.39 is 0 Å². The predicted molar refractivity (Wildman–Crippen MR) is 98.5 cm³/mol. The normalized spacial score (nSPS) is 31.1. The summed E-state index contributed by atoms with van der Waals surface area (Å²) < 4.78 is 5.15. The zero-order chi connectivity index (χ0) is 15.3. The minimum absolute atomic E-state index is 0. The molecule has 1 aliphatic heterocycles. The van der Waals surface area contributed by atoms with Crippen molar-refractivity contribution in [1.82, 2.24) is 10.2 Å². The van der Waals surface area contributed by atoms with E-state index in [1.165, 1.54) is 6.42 Å². The number of amides is 1. The Balaban J connectivity index is 0.00000242. The van der Waals surface area contributed by atoms with Crippen molar-refractivity contribution in [2.75, 3.05) is 33.4 Å². The average molecular weight is 370 g/mol. The van der Waals surface area contributed by atoms with E-state index in [1.54, 1.807) is 7.11 Å². The Bertz CT molecular complexity index is 356. The summed E-state index contributed by atoms with van der Waals surface area (Å²) in [7, 11) is 1.73. The Labute approximate surface area is 152 Å². The summed E-state index contributed by atoms with van der Waals surface area (Å²) in [6.07, 6.45) is 6.51. The quantitative estimate of drug-likeness (QED) is 0.750. The third kappa shape index (κ3) is 6.39. The summed E-state index contributed by atoms with van der Waals surface area (Å²) >= 11 is 0. The number of rotatable bonds is 6. The van der Waals surface area contributed by atoms with E-state index in [4.69, 9.17) is 10.5 Å². The minimum Gasteiger partial charge on any atom is -0.383 e. The number of carbonyl (C=O) groups excluding carboxylic acids is 1. The monoisotopic (exact) mass is 369 g/mol. The van der Waals surface area contributed by atoms with Crippen LogP contribution < -0.4 is 11.1 Å². The number of ether oxygens (including phenoxy) is 1. The molecule has 23 heavy (non-hydrogen) atoms. The molecule has 7 heteroatoms. The predicted octanol–water partition coefficient (Wildman–Crippen LogP) is 1.96. The molecule has 0 aromatic rings. The van der Waals surface area contributed by atoms with Crippen LogP contribution in [-0.4, -0.2) is 55.7 Å². The van der Waals surface area contributed by atoms with Crippen LogP contribution in [0.1, 0.15) is 45.4 Å². The molecule has 1 saturated carbocycles. The molecule has 5 nitrogen and oxygen atoms in total. The first kappa shape index (κ1) is 22.9. The van der Waals surface area contributed by atoms with Gasteiger partial charge in [-0.3, -0.25) is 9.69 Å². The number of nitrogens with two attached hydrogens (primary N) is 1. The number of halogens is 2. The highest BCUT2D eigenvalue weighted by Crippen LogP contribution is 2.31. The third-order valence-corrected chi connectivity index (χ3v) is 5.16. The van der Waals surface area contributed by atoms with Crippen molar-refractivity contribution in [1.29, 1.82) is 0 Å². The van der Waals surface area contributed by atoms with Crippen LogP contribution in [0.4, 0.5) is 0 Å². The molecule has 0 aromatic carbocycles. The van der Waals surface area contributed by atoms with Crippen LogP contribution in [0.2, 0.25) is 0 Å². The van der Waals surface area contributed by atoms with Crippen molar-refractivity contribution in [3.05, 3.63) is 0 Å². The van der Waals surface area contributed by atoms with E-state index in [1.807, 2.05) is 6.92 Å². The van der Waals surface area contributed by atoms with Gasteiger partial charge in [0.05, 0.1) is 12.5 Å². The lowest BCUT2D eigenvalue weighted by Gasteiger charge is -2.37. The molecule has 3 atom stereocenters. The molecular formula is C16H33Cl2N3O2. The van der Waals surface area contributed by atoms with Gasteiger partial charge in [0.2, 0.25) is 5.91 Å². The lowest BCUT2D eigenvalue weighted by molar-refractivity contribution is -0.128. The van der Waals surface area contributed by atoms with Gasteiger partial charge in [0.1, 0.15) is 0 Å². The highest BCUT2D eigenvalue weighted by molar-refractivity contribution is 5.85. The molecule has 1 aliphatic carbocycles. The van der Waals surface area contributed by atoms with Crippen LogP contribution >= 0.6 is 24.8 Å². The number of likely N-dealkylation sites (tertiary alicyclic amines) is 1. The number of hydrogen-bond donors (Lipinski definition) is 2. The first-order chi connectivity index (χ1) is 10.0. The van der Waals surface area contributed by atoms with E-state index in [-0.39, 0.29) is 42.2 Å². The van der Waals surface area contributed by atoms with Crippen molar-refractivity contribution in [2.45, 2.75) is 57.0 Å². The lowest BCUT2D eigenvalue weighted by atomic mass is 9.74. The fraction of sp³-hybridized carbons (Fsp3) is 0.938. The zero-order valence-corrected chi connectivity index (χ0v) is 16.0. The van der Waals surface area contributed by atoms with E-state index in [0.29, 0.717) is 6.04 Å². The third-order valence-electron chi connectivity index (χ3n) is 5.16. The molecule has 0 radical (unpaired) electrons. The first-order valence-corrected chi connectivity index (χ1v) is 8.34. The molecule has 138 valence electrons. The smallest absolute Gasteiger partial charge is 0.225 e. The molecule has 0 bridgehead atoms. The van der Waals surface area contributed by atoms with Gasteiger partial charge < -0.3 is 15.8 Å². The maximum Gasteiger partial charge on any atom is 0.225 e. The van der Waals surface area contributed by atoms with Crippen LogP contribution in [0.25, 0.3) is 0 Å². The average Bonchev–Trinajstić information content (AvgIpc) is 2.89. The number of hydrogen-bond acceptors (Lipinski definition) is 4. The van der Waals surface area contributed by atoms with Gasteiger partial charge in [-0.25, -0.2) is 0 Å². The van der Waals surface area contributed by atoms with Gasteiger partial charge in [-0.1, -0.05) is 12.8 Å². The summed E-state index contributed by atoms with van der Waals surface area (Å²) in [4.78, 5) is 14.9. The van der Waals surface area contributed by atoms with Gasteiger partial charge in [0.25, 0.3) is 0 Å². The number of methoxy groups -OCH3 is 1. The van der Waals surface area contributed by atoms with Crippen molar-refractivity contribution in [2.24, 2.45) is 11.7 Å². The standard InChI is InChI=1S/C16H31N3O2.2ClH/c1-16(17)8-4-3-7-14(16)15(20)18-12-13-6-5-9-19(13)10-11-21-2;;/h13-14H,3-12,17H2,1-2H3,(H,18,20);2*1H. The fourth-order valence-corrected chi connectivity index (χ4v) is 3.76. The second kappa shape index (κ2) is 10.7. The second-order valence-corrected chi connectivity index (χ2v) is 6.87. The Morgan fingerprint density at radius 2 is 2.04 bits per heavy atom. The fourth-order valence-electron chi connectivity index (χ4n) is 3.76. The Morgan fingerprint density at radius 3 is 2.70 bits per heavy atom. The molecule has 1 amide bonds. The van der Waals surface area contributed by atoms with Crippen molar-refractivity contribution in [3.8, 4) is 0 Å². The van der Waals surface area contributed by atoms with Crippen molar-refractivity contribution in [3.63, 3.8) is 0 Å². The molecule has 3 N–H and O–H groups in total. The molecule has 1 saturated heterocycles. The molecule has 2 fully saturated rings. The SMILES string of the molecule is COCCN1CCCC1CNC(=O)C1CCCCC1(C)N.Cl.Cl. The van der Waals surface area contributed by atoms with Crippen LogP contribution in [-0.2, 0) is 9.53 Å². The molecule has 3 unspecified atom stereocenters. The number of nitrogens with zero attached hydrogens (tertiary/aromatic N) is 1. The van der Waals surface area contributed by atoms with E-state index in [9.17, 15) is 4.79 Å². The maximum absolute atomic E-state index is 12.5. The molecule has 0 spiro atoms.